The Hall–Kier alpha value is -1.65. The molecule has 3 N–H and O–H groups in total. The lowest BCUT2D eigenvalue weighted by Crippen LogP contribution is -2.20. The van der Waals surface area contributed by atoms with Crippen LogP contribution in [0.1, 0.15) is 11.6 Å². The molecule has 2 rings (SSSR count). The highest BCUT2D eigenvalue weighted by molar-refractivity contribution is 6.33. The van der Waals surface area contributed by atoms with Crippen LogP contribution in [-0.4, -0.2) is 6.54 Å². The van der Waals surface area contributed by atoms with Gasteiger partial charge in [0.05, 0.1) is 16.8 Å². The summed E-state index contributed by atoms with van der Waals surface area (Å²) in [6.45, 7) is 0.276. The summed E-state index contributed by atoms with van der Waals surface area (Å²) in [7, 11) is 0. The summed E-state index contributed by atoms with van der Waals surface area (Å²) >= 11 is 5.98. The zero-order chi connectivity index (χ0) is 13.8. The van der Waals surface area contributed by atoms with E-state index in [1.54, 1.807) is 12.1 Å². The molecule has 100 valence electrons. The van der Waals surface area contributed by atoms with Crippen molar-refractivity contribution in [2.45, 2.75) is 6.04 Å². The molecule has 19 heavy (non-hydrogen) atoms. The van der Waals surface area contributed by atoms with Crippen molar-refractivity contribution >= 4 is 17.3 Å². The summed E-state index contributed by atoms with van der Waals surface area (Å²) in [6.07, 6.45) is 0. The predicted octanol–water partition coefficient (Wildman–Crippen LogP) is 3.73. The topological polar surface area (TPSA) is 38.0 Å². The van der Waals surface area contributed by atoms with E-state index in [-0.39, 0.29) is 24.2 Å². The molecular weight excluding hydrogens is 270 g/mol. The van der Waals surface area contributed by atoms with Crippen molar-refractivity contribution < 1.29 is 8.78 Å². The van der Waals surface area contributed by atoms with Gasteiger partial charge in [-0.3, -0.25) is 0 Å². The Morgan fingerprint density at radius 1 is 1.05 bits per heavy atom. The van der Waals surface area contributed by atoms with Gasteiger partial charge in [0.2, 0.25) is 0 Å². The van der Waals surface area contributed by atoms with Crippen LogP contribution in [0.4, 0.5) is 14.5 Å². The van der Waals surface area contributed by atoms with Gasteiger partial charge in [0.1, 0.15) is 11.6 Å². The summed E-state index contributed by atoms with van der Waals surface area (Å²) in [5, 5.41) is 3.46. The maximum atomic E-state index is 13.2. The van der Waals surface area contributed by atoms with Gasteiger partial charge in [-0.25, -0.2) is 8.78 Å². The molecule has 5 heteroatoms. The molecule has 2 aromatic carbocycles. The molecule has 1 atom stereocenters. The van der Waals surface area contributed by atoms with Crippen LogP contribution >= 0.6 is 11.6 Å². The molecule has 0 aliphatic rings. The highest BCUT2D eigenvalue weighted by Gasteiger charge is 2.12. The average molecular weight is 283 g/mol. The van der Waals surface area contributed by atoms with Crippen molar-refractivity contribution in [1.29, 1.82) is 0 Å². The highest BCUT2D eigenvalue weighted by atomic mass is 35.5. The van der Waals surface area contributed by atoms with Crippen LogP contribution in [0.3, 0.4) is 0 Å². The smallest absolute Gasteiger partial charge is 0.125 e. The van der Waals surface area contributed by atoms with E-state index in [0.29, 0.717) is 10.7 Å². The fraction of sp³-hybridized carbons (Fsp3) is 0.143. The SMILES string of the molecule is NCC(Nc1cc(F)ccc1Cl)c1ccc(F)cc1. The Labute approximate surface area is 115 Å². The van der Waals surface area contributed by atoms with Crippen LogP contribution in [0.25, 0.3) is 0 Å². The van der Waals surface area contributed by atoms with Gasteiger partial charge in [0.25, 0.3) is 0 Å². The lowest BCUT2D eigenvalue weighted by atomic mass is 10.1. The van der Waals surface area contributed by atoms with Crippen molar-refractivity contribution in [1.82, 2.24) is 0 Å². The first-order valence-corrected chi connectivity index (χ1v) is 6.15. The van der Waals surface area contributed by atoms with Gasteiger partial charge >= 0.3 is 0 Å². The lowest BCUT2D eigenvalue weighted by Gasteiger charge is -2.19. The Kier molecular flexibility index (Phi) is 4.35. The number of nitrogens with two attached hydrogens (primary N) is 1. The number of halogens is 3. The van der Waals surface area contributed by atoms with Crippen molar-refractivity contribution in [2.75, 3.05) is 11.9 Å². The molecule has 0 aromatic heterocycles. The van der Waals surface area contributed by atoms with E-state index in [2.05, 4.69) is 5.32 Å². The molecule has 0 saturated heterocycles. The molecule has 0 heterocycles. The molecule has 0 aliphatic heterocycles. The van der Waals surface area contributed by atoms with Gasteiger partial charge in [-0.2, -0.15) is 0 Å². The Bertz CT molecular complexity index is 558. The largest absolute Gasteiger partial charge is 0.376 e. The maximum absolute atomic E-state index is 13.2. The maximum Gasteiger partial charge on any atom is 0.125 e. The molecule has 0 aliphatic carbocycles. The first kappa shape index (κ1) is 13.8. The third-order valence-electron chi connectivity index (χ3n) is 2.77. The number of benzene rings is 2. The van der Waals surface area contributed by atoms with Crippen LogP contribution < -0.4 is 11.1 Å². The number of rotatable bonds is 4. The van der Waals surface area contributed by atoms with E-state index in [1.165, 1.54) is 30.3 Å². The lowest BCUT2D eigenvalue weighted by molar-refractivity contribution is 0.625. The van der Waals surface area contributed by atoms with Gasteiger partial charge in [-0.15, -0.1) is 0 Å². The van der Waals surface area contributed by atoms with E-state index in [4.69, 9.17) is 17.3 Å². The fourth-order valence-electron chi connectivity index (χ4n) is 1.77. The molecule has 2 nitrogen and oxygen atoms in total. The van der Waals surface area contributed by atoms with Crippen molar-refractivity contribution in [2.24, 2.45) is 5.73 Å². The molecule has 0 amide bonds. The molecule has 0 fully saturated rings. The summed E-state index contributed by atoms with van der Waals surface area (Å²) in [5.74, 6) is -0.704. The molecule has 0 bridgehead atoms. The third-order valence-corrected chi connectivity index (χ3v) is 3.10. The van der Waals surface area contributed by atoms with Crippen molar-refractivity contribution in [3.05, 3.63) is 64.7 Å². The minimum Gasteiger partial charge on any atom is -0.376 e. The number of nitrogens with one attached hydrogen (secondary N) is 1. The summed E-state index contributed by atoms with van der Waals surface area (Å²) in [6, 6.07) is 9.76. The molecular formula is C14H13ClF2N2. The number of anilines is 1. The molecule has 2 aromatic rings. The zero-order valence-electron chi connectivity index (χ0n) is 10.0. The summed E-state index contributed by atoms with van der Waals surface area (Å²) < 4.78 is 26.1. The Morgan fingerprint density at radius 2 is 1.68 bits per heavy atom. The predicted molar refractivity (Wildman–Crippen MR) is 73.2 cm³/mol. The first-order valence-electron chi connectivity index (χ1n) is 5.77. The molecule has 0 saturated carbocycles. The minimum atomic E-state index is -0.387. The number of hydrogen-bond acceptors (Lipinski definition) is 2. The Balaban J connectivity index is 2.23. The first-order chi connectivity index (χ1) is 9.10. The minimum absolute atomic E-state index is 0.264. The monoisotopic (exact) mass is 282 g/mol. The quantitative estimate of drug-likeness (QED) is 0.897. The summed E-state index contributed by atoms with van der Waals surface area (Å²) in [5.41, 5.74) is 6.95. The molecule has 1 unspecified atom stereocenters. The van der Waals surface area contributed by atoms with Gasteiger partial charge in [0.15, 0.2) is 0 Å². The average Bonchev–Trinajstić information content (AvgIpc) is 2.41. The highest BCUT2D eigenvalue weighted by Crippen LogP contribution is 2.26. The van der Waals surface area contributed by atoms with Crippen LogP contribution in [0.5, 0.6) is 0 Å². The van der Waals surface area contributed by atoms with Crippen LogP contribution in [-0.2, 0) is 0 Å². The third kappa shape index (κ3) is 3.43. The standard InChI is InChI=1S/C14H13ClF2N2/c15-12-6-5-11(17)7-13(12)19-14(8-18)9-1-3-10(16)4-2-9/h1-7,14,19H,8,18H2. The molecule has 0 spiro atoms. The van der Waals surface area contributed by atoms with Gasteiger partial charge < -0.3 is 11.1 Å². The van der Waals surface area contributed by atoms with Gasteiger partial charge in [-0.05, 0) is 35.9 Å². The number of hydrogen-bond donors (Lipinski definition) is 2. The Morgan fingerprint density at radius 3 is 2.32 bits per heavy atom. The van der Waals surface area contributed by atoms with Gasteiger partial charge in [-0.1, -0.05) is 23.7 Å². The zero-order valence-corrected chi connectivity index (χ0v) is 10.8. The van der Waals surface area contributed by atoms with Crippen molar-refractivity contribution in [3.63, 3.8) is 0 Å². The van der Waals surface area contributed by atoms with Crippen molar-refractivity contribution in [3.8, 4) is 0 Å². The van der Waals surface area contributed by atoms with E-state index in [1.807, 2.05) is 0 Å². The van der Waals surface area contributed by atoms with E-state index in [0.717, 1.165) is 5.56 Å². The van der Waals surface area contributed by atoms with E-state index in [9.17, 15) is 8.78 Å². The van der Waals surface area contributed by atoms with Crippen LogP contribution in [0.2, 0.25) is 5.02 Å². The second-order valence-electron chi connectivity index (χ2n) is 4.11. The van der Waals surface area contributed by atoms with Gasteiger partial charge in [0, 0.05) is 6.54 Å². The fourth-order valence-corrected chi connectivity index (χ4v) is 1.94. The summed E-state index contributed by atoms with van der Waals surface area (Å²) in [4.78, 5) is 0. The molecule has 0 radical (unpaired) electrons. The van der Waals surface area contributed by atoms with E-state index < -0.39 is 0 Å². The second-order valence-corrected chi connectivity index (χ2v) is 4.52. The normalized spacial score (nSPS) is 12.2. The van der Waals surface area contributed by atoms with Crippen LogP contribution in [0, 0.1) is 11.6 Å². The van der Waals surface area contributed by atoms with Crippen LogP contribution in [0.15, 0.2) is 42.5 Å². The second kappa shape index (κ2) is 5.99. The van der Waals surface area contributed by atoms with E-state index >= 15 is 0 Å².